The number of aryl methyl sites for hydroxylation is 2. The lowest BCUT2D eigenvalue weighted by atomic mass is 10.1. The van der Waals surface area contributed by atoms with Crippen molar-refractivity contribution in [2.75, 3.05) is 7.05 Å². The van der Waals surface area contributed by atoms with E-state index in [1.54, 1.807) is 22.4 Å². The Hall–Kier alpha value is -2.27. The van der Waals surface area contributed by atoms with Gasteiger partial charge in [0.05, 0.1) is 22.3 Å². The number of fused-ring (bicyclic) bond motifs is 1. The van der Waals surface area contributed by atoms with Crippen LogP contribution in [0.1, 0.15) is 38.9 Å². The van der Waals surface area contributed by atoms with Crippen molar-refractivity contribution in [3.8, 4) is 0 Å². The van der Waals surface area contributed by atoms with Gasteiger partial charge in [0.15, 0.2) is 0 Å². The van der Waals surface area contributed by atoms with E-state index >= 15 is 0 Å². The Bertz CT molecular complexity index is 866. The van der Waals surface area contributed by atoms with E-state index in [-0.39, 0.29) is 11.9 Å². The Labute approximate surface area is 139 Å². The van der Waals surface area contributed by atoms with E-state index in [0.717, 1.165) is 26.5 Å². The van der Waals surface area contributed by atoms with Crippen molar-refractivity contribution >= 4 is 28.1 Å². The topological polar surface area (TPSA) is 46.1 Å². The number of pyridine rings is 1. The third kappa shape index (κ3) is 2.84. The molecule has 1 atom stereocenters. The number of hydrogen-bond acceptors (Lipinski definition) is 4. The molecule has 0 aliphatic carbocycles. The highest BCUT2D eigenvalue weighted by atomic mass is 32.1. The summed E-state index contributed by atoms with van der Waals surface area (Å²) in [6.45, 7) is 6.03. The Kier molecular flexibility index (Phi) is 4.13. The molecule has 0 fully saturated rings. The van der Waals surface area contributed by atoms with Crippen LogP contribution in [0.4, 0.5) is 0 Å². The van der Waals surface area contributed by atoms with Crippen LogP contribution in [0.15, 0.2) is 36.5 Å². The second kappa shape index (κ2) is 6.08. The van der Waals surface area contributed by atoms with Gasteiger partial charge in [-0.25, -0.2) is 4.98 Å². The number of hydrogen-bond donors (Lipinski definition) is 0. The van der Waals surface area contributed by atoms with Gasteiger partial charge in [0.1, 0.15) is 0 Å². The van der Waals surface area contributed by atoms with Gasteiger partial charge in [-0.1, -0.05) is 12.1 Å². The normalized spacial score (nSPS) is 12.3. The molecule has 0 unspecified atom stereocenters. The molecule has 3 aromatic rings. The summed E-state index contributed by atoms with van der Waals surface area (Å²) in [6, 6.07) is 9.45. The first-order valence-corrected chi connectivity index (χ1v) is 8.35. The van der Waals surface area contributed by atoms with Crippen molar-refractivity contribution in [2.24, 2.45) is 0 Å². The molecular weight excluding hydrogens is 306 g/mol. The monoisotopic (exact) mass is 325 g/mol. The molecule has 3 rings (SSSR count). The minimum atomic E-state index is -0.0133. The second-order valence-corrected chi connectivity index (χ2v) is 6.89. The Morgan fingerprint density at radius 2 is 2.00 bits per heavy atom. The van der Waals surface area contributed by atoms with Gasteiger partial charge in [-0.05, 0) is 39.0 Å². The molecule has 2 aromatic heterocycles. The maximum Gasteiger partial charge on any atom is 0.254 e. The highest BCUT2D eigenvalue weighted by Gasteiger charge is 2.23. The minimum absolute atomic E-state index is 0.00144. The maximum absolute atomic E-state index is 13.0. The van der Waals surface area contributed by atoms with Crippen molar-refractivity contribution in [1.82, 2.24) is 14.9 Å². The Balaban J connectivity index is 1.97. The molecule has 0 aliphatic rings. The molecule has 0 bridgehead atoms. The van der Waals surface area contributed by atoms with Crippen LogP contribution in [0.3, 0.4) is 0 Å². The SMILES string of the molecule is Cc1nc(C)c([C@@H](C)N(C)C(=O)c2cccc3ncccc23)s1. The first-order valence-electron chi connectivity index (χ1n) is 7.54. The molecule has 118 valence electrons. The van der Waals surface area contributed by atoms with Crippen LogP contribution >= 0.6 is 11.3 Å². The summed E-state index contributed by atoms with van der Waals surface area (Å²) in [5.74, 6) is 0.00144. The molecule has 0 radical (unpaired) electrons. The number of aromatic nitrogens is 2. The van der Waals surface area contributed by atoms with E-state index in [1.165, 1.54) is 0 Å². The fourth-order valence-corrected chi connectivity index (χ4v) is 3.79. The van der Waals surface area contributed by atoms with Gasteiger partial charge >= 0.3 is 0 Å². The number of rotatable bonds is 3. The lowest BCUT2D eigenvalue weighted by Gasteiger charge is -2.25. The van der Waals surface area contributed by atoms with E-state index in [4.69, 9.17) is 0 Å². The molecule has 0 aliphatic heterocycles. The number of thiazole rings is 1. The zero-order chi connectivity index (χ0) is 16.6. The van der Waals surface area contributed by atoms with Crippen LogP contribution in [0.25, 0.3) is 10.9 Å². The summed E-state index contributed by atoms with van der Waals surface area (Å²) in [4.78, 5) is 24.7. The number of nitrogens with zero attached hydrogens (tertiary/aromatic N) is 3. The van der Waals surface area contributed by atoms with E-state index in [2.05, 4.69) is 9.97 Å². The standard InChI is InChI=1S/C18H19N3OS/c1-11-17(23-13(3)20-11)12(2)21(4)18(22)15-7-5-9-16-14(15)8-6-10-19-16/h5-10,12H,1-4H3/t12-/m1/s1. The van der Waals surface area contributed by atoms with E-state index in [0.29, 0.717) is 5.56 Å². The summed E-state index contributed by atoms with van der Waals surface area (Å²) < 4.78 is 0. The van der Waals surface area contributed by atoms with E-state index < -0.39 is 0 Å². The van der Waals surface area contributed by atoms with Gasteiger partial charge in [-0.3, -0.25) is 9.78 Å². The average molecular weight is 325 g/mol. The number of amides is 1. The van der Waals surface area contributed by atoms with Gasteiger partial charge in [-0.15, -0.1) is 11.3 Å². The predicted molar refractivity (Wildman–Crippen MR) is 93.8 cm³/mol. The van der Waals surface area contributed by atoms with E-state index in [1.807, 2.05) is 58.2 Å². The summed E-state index contributed by atoms with van der Waals surface area (Å²) in [5.41, 5.74) is 2.52. The zero-order valence-corrected chi connectivity index (χ0v) is 14.5. The van der Waals surface area contributed by atoms with Crippen LogP contribution in [0.2, 0.25) is 0 Å². The molecule has 5 heteroatoms. The zero-order valence-electron chi connectivity index (χ0n) is 13.7. The van der Waals surface area contributed by atoms with Crippen molar-refractivity contribution in [2.45, 2.75) is 26.8 Å². The van der Waals surface area contributed by atoms with Crippen LogP contribution in [-0.4, -0.2) is 27.8 Å². The van der Waals surface area contributed by atoms with Gasteiger partial charge in [0.2, 0.25) is 0 Å². The molecule has 0 N–H and O–H groups in total. The molecular formula is C18H19N3OS. The summed E-state index contributed by atoms with van der Waals surface area (Å²) in [7, 11) is 1.84. The van der Waals surface area contributed by atoms with Crippen LogP contribution < -0.4 is 0 Å². The largest absolute Gasteiger partial charge is 0.334 e. The summed E-state index contributed by atoms with van der Waals surface area (Å²) in [5, 5.41) is 1.91. The molecule has 23 heavy (non-hydrogen) atoms. The Morgan fingerprint density at radius 1 is 1.22 bits per heavy atom. The quantitative estimate of drug-likeness (QED) is 0.727. The van der Waals surface area contributed by atoms with Crippen molar-refractivity contribution in [3.63, 3.8) is 0 Å². The van der Waals surface area contributed by atoms with Crippen LogP contribution in [0, 0.1) is 13.8 Å². The number of carbonyl (C=O) groups excluding carboxylic acids is 1. The first kappa shape index (κ1) is 15.6. The third-order valence-electron chi connectivity index (χ3n) is 4.10. The van der Waals surface area contributed by atoms with Gasteiger partial charge < -0.3 is 4.90 Å². The molecule has 4 nitrogen and oxygen atoms in total. The van der Waals surface area contributed by atoms with Gasteiger partial charge in [0, 0.05) is 29.1 Å². The second-order valence-electron chi connectivity index (χ2n) is 5.65. The highest BCUT2D eigenvalue weighted by molar-refractivity contribution is 7.11. The smallest absolute Gasteiger partial charge is 0.254 e. The summed E-state index contributed by atoms with van der Waals surface area (Å²) >= 11 is 1.65. The average Bonchev–Trinajstić information content (AvgIpc) is 2.90. The van der Waals surface area contributed by atoms with E-state index in [9.17, 15) is 4.79 Å². The third-order valence-corrected chi connectivity index (χ3v) is 5.34. The first-order chi connectivity index (χ1) is 11.0. The van der Waals surface area contributed by atoms with Gasteiger partial charge in [-0.2, -0.15) is 0 Å². The summed E-state index contributed by atoms with van der Waals surface area (Å²) in [6.07, 6.45) is 1.74. The molecule has 1 amide bonds. The van der Waals surface area contributed by atoms with Gasteiger partial charge in [0.25, 0.3) is 5.91 Å². The van der Waals surface area contributed by atoms with Crippen molar-refractivity contribution in [1.29, 1.82) is 0 Å². The lowest BCUT2D eigenvalue weighted by molar-refractivity contribution is 0.0746. The highest BCUT2D eigenvalue weighted by Crippen LogP contribution is 2.30. The fourth-order valence-electron chi connectivity index (χ4n) is 2.77. The number of benzene rings is 1. The van der Waals surface area contributed by atoms with Crippen molar-refractivity contribution in [3.05, 3.63) is 57.7 Å². The molecule has 0 saturated heterocycles. The van der Waals surface area contributed by atoms with Crippen LogP contribution in [-0.2, 0) is 0 Å². The molecule has 0 saturated carbocycles. The number of carbonyl (C=O) groups is 1. The van der Waals surface area contributed by atoms with Crippen LogP contribution in [0.5, 0.6) is 0 Å². The predicted octanol–water partition coefficient (Wildman–Crippen LogP) is 4.14. The minimum Gasteiger partial charge on any atom is -0.334 e. The molecule has 0 spiro atoms. The lowest BCUT2D eigenvalue weighted by Crippen LogP contribution is -2.29. The maximum atomic E-state index is 13.0. The fraction of sp³-hybridized carbons (Fsp3) is 0.278. The molecule has 2 heterocycles. The van der Waals surface area contributed by atoms with Crippen molar-refractivity contribution < 1.29 is 4.79 Å². The molecule has 1 aromatic carbocycles. The Morgan fingerprint density at radius 3 is 2.70 bits per heavy atom.